The van der Waals surface area contributed by atoms with E-state index in [0.29, 0.717) is 18.0 Å². The highest BCUT2D eigenvalue weighted by atomic mass is 16.5. The molecule has 0 spiro atoms. The van der Waals surface area contributed by atoms with Crippen LogP contribution in [0.5, 0.6) is 5.75 Å². The molecule has 0 bridgehead atoms. The van der Waals surface area contributed by atoms with Crippen LogP contribution in [-0.2, 0) is 9.59 Å². The third kappa shape index (κ3) is 6.57. The van der Waals surface area contributed by atoms with Crippen molar-refractivity contribution in [3.05, 3.63) is 59.7 Å². The summed E-state index contributed by atoms with van der Waals surface area (Å²) < 4.78 is 5.46. The lowest BCUT2D eigenvalue weighted by Gasteiger charge is -2.37. The molecule has 1 aliphatic heterocycles. The number of nitrogens with zero attached hydrogens (tertiary/aromatic N) is 1. The summed E-state index contributed by atoms with van der Waals surface area (Å²) in [6, 6.07) is 15.2. The molecule has 178 valence electrons. The summed E-state index contributed by atoms with van der Waals surface area (Å²) in [5, 5.41) is 6.24. The summed E-state index contributed by atoms with van der Waals surface area (Å²) in [4.78, 5) is 28.7. The lowest BCUT2D eigenvalue weighted by Crippen LogP contribution is -2.48. The number of carbonyl (C=O) groups excluding carboxylic acids is 2. The van der Waals surface area contributed by atoms with E-state index in [1.807, 2.05) is 55.5 Å². The van der Waals surface area contributed by atoms with Crippen molar-refractivity contribution in [1.29, 1.82) is 0 Å². The van der Waals surface area contributed by atoms with Gasteiger partial charge in [-0.1, -0.05) is 49.7 Å². The zero-order valence-electron chi connectivity index (χ0n) is 20.3. The molecule has 6 heteroatoms. The number of likely N-dealkylation sites (tertiary alicyclic amines) is 1. The van der Waals surface area contributed by atoms with Gasteiger partial charge in [-0.05, 0) is 62.9 Å². The van der Waals surface area contributed by atoms with Gasteiger partial charge in [0.2, 0.25) is 11.8 Å². The van der Waals surface area contributed by atoms with Crippen molar-refractivity contribution in [1.82, 2.24) is 10.2 Å². The number of hydrogen-bond donors (Lipinski definition) is 2. The van der Waals surface area contributed by atoms with Crippen LogP contribution in [0.3, 0.4) is 0 Å². The van der Waals surface area contributed by atoms with Crippen molar-refractivity contribution < 1.29 is 14.3 Å². The predicted octanol–water partition coefficient (Wildman–Crippen LogP) is 4.70. The second-order valence-electron chi connectivity index (χ2n) is 9.04. The van der Waals surface area contributed by atoms with Crippen LogP contribution in [-0.4, -0.2) is 43.0 Å². The number of amides is 2. The Morgan fingerprint density at radius 3 is 2.64 bits per heavy atom. The van der Waals surface area contributed by atoms with Gasteiger partial charge in [-0.25, -0.2) is 0 Å². The molecular formula is C27H37N3O3. The summed E-state index contributed by atoms with van der Waals surface area (Å²) in [5.74, 6) is 0.478. The molecule has 3 unspecified atom stereocenters. The van der Waals surface area contributed by atoms with Crippen molar-refractivity contribution >= 4 is 17.5 Å². The molecule has 1 heterocycles. The maximum Gasteiger partial charge on any atom is 0.246 e. The lowest BCUT2D eigenvalue weighted by molar-refractivity contribution is -0.130. The SMILES string of the molecule is CCCC(C)NC(=O)C1CCCN(C(C(=O)Nc2cc(C)ccc2OC)c2ccccc2)C1. The monoisotopic (exact) mass is 451 g/mol. The first-order chi connectivity index (χ1) is 15.9. The molecule has 2 N–H and O–H groups in total. The van der Waals surface area contributed by atoms with Crippen LogP contribution >= 0.6 is 0 Å². The highest BCUT2D eigenvalue weighted by molar-refractivity contribution is 5.97. The van der Waals surface area contributed by atoms with Gasteiger partial charge in [0.25, 0.3) is 0 Å². The Kier molecular flexibility index (Phi) is 8.89. The number of piperidine rings is 1. The lowest BCUT2D eigenvalue weighted by atomic mass is 9.93. The number of benzene rings is 2. The molecular weight excluding hydrogens is 414 g/mol. The maximum absolute atomic E-state index is 13.6. The predicted molar refractivity (Wildman–Crippen MR) is 132 cm³/mol. The number of carbonyl (C=O) groups is 2. The first kappa shape index (κ1) is 24.8. The first-order valence-corrected chi connectivity index (χ1v) is 12.0. The van der Waals surface area contributed by atoms with E-state index in [9.17, 15) is 9.59 Å². The molecule has 1 aliphatic rings. The number of aryl methyl sites for hydroxylation is 1. The fraction of sp³-hybridized carbons (Fsp3) is 0.481. The molecule has 0 aromatic heterocycles. The maximum atomic E-state index is 13.6. The van der Waals surface area contributed by atoms with E-state index in [1.54, 1.807) is 7.11 Å². The highest BCUT2D eigenvalue weighted by Crippen LogP contribution is 2.31. The largest absolute Gasteiger partial charge is 0.495 e. The van der Waals surface area contributed by atoms with Crippen molar-refractivity contribution in [2.45, 2.75) is 58.5 Å². The number of hydrogen-bond acceptors (Lipinski definition) is 4. The molecule has 0 radical (unpaired) electrons. The fourth-order valence-corrected chi connectivity index (χ4v) is 4.60. The Morgan fingerprint density at radius 2 is 1.94 bits per heavy atom. The summed E-state index contributed by atoms with van der Waals surface area (Å²) >= 11 is 0. The number of rotatable bonds is 9. The quantitative estimate of drug-likeness (QED) is 0.580. The molecule has 0 saturated carbocycles. The first-order valence-electron chi connectivity index (χ1n) is 12.0. The van der Waals surface area contributed by atoms with Gasteiger partial charge in [-0.2, -0.15) is 0 Å². The summed E-state index contributed by atoms with van der Waals surface area (Å²) in [6.45, 7) is 7.49. The Balaban J connectivity index is 1.82. The third-order valence-electron chi connectivity index (χ3n) is 6.28. The molecule has 1 fully saturated rings. The zero-order chi connectivity index (χ0) is 23.8. The standard InChI is InChI=1S/C27H37N3O3/c1-5-10-20(3)28-26(31)22-13-9-16-30(18-22)25(21-11-7-6-8-12-21)27(32)29-23-17-19(2)14-15-24(23)33-4/h6-8,11-12,14-15,17,20,22,25H,5,9-10,13,16,18H2,1-4H3,(H,28,31)(H,29,32). The average molecular weight is 452 g/mol. The number of anilines is 1. The van der Waals surface area contributed by atoms with Gasteiger partial charge in [0.05, 0.1) is 18.7 Å². The van der Waals surface area contributed by atoms with Crippen molar-refractivity contribution in [2.75, 3.05) is 25.5 Å². The topological polar surface area (TPSA) is 70.7 Å². The zero-order valence-corrected chi connectivity index (χ0v) is 20.3. The van der Waals surface area contributed by atoms with Gasteiger partial charge in [0.15, 0.2) is 0 Å². The van der Waals surface area contributed by atoms with E-state index in [1.165, 1.54) is 0 Å². The number of nitrogens with one attached hydrogen (secondary N) is 2. The van der Waals surface area contributed by atoms with Crippen LogP contribution in [0.25, 0.3) is 0 Å². The van der Waals surface area contributed by atoms with E-state index in [4.69, 9.17) is 4.74 Å². The number of methoxy groups -OCH3 is 1. The van der Waals surface area contributed by atoms with Crippen LogP contribution in [0.2, 0.25) is 0 Å². The molecule has 3 rings (SSSR count). The van der Waals surface area contributed by atoms with Gasteiger partial charge < -0.3 is 15.4 Å². The minimum atomic E-state index is -0.486. The Hall–Kier alpha value is -2.86. The van der Waals surface area contributed by atoms with Gasteiger partial charge >= 0.3 is 0 Å². The van der Waals surface area contributed by atoms with Crippen molar-refractivity contribution in [2.24, 2.45) is 5.92 Å². The second kappa shape index (κ2) is 11.8. The van der Waals surface area contributed by atoms with E-state index >= 15 is 0 Å². The summed E-state index contributed by atoms with van der Waals surface area (Å²) in [6.07, 6.45) is 3.73. The summed E-state index contributed by atoms with van der Waals surface area (Å²) in [5.41, 5.74) is 2.61. The molecule has 3 atom stereocenters. The van der Waals surface area contributed by atoms with Crippen LogP contribution in [0.4, 0.5) is 5.69 Å². The molecule has 2 aromatic carbocycles. The number of ether oxygens (including phenoxy) is 1. The summed E-state index contributed by atoms with van der Waals surface area (Å²) in [7, 11) is 1.60. The van der Waals surface area contributed by atoms with E-state index < -0.39 is 6.04 Å². The molecule has 2 aromatic rings. The molecule has 33 heavy (non-hydrogen) atoms. The molecule has 6 nitrogen and oxygen atoms in total. The second-order valence-corrected chi connectivity index (χ2v) is 9.04. The van der Waals surface area contributed by atoms with Crippen LogP contribution in [0.15, 0.2) is 48.5 Å². The average Bonchev–Trinajstić information content (AvgIpc) is 2.80. The van der Waals surface area contributed by atoms with Crippen LogP contribution in [0, 0.1) is 12.8 Å². The minimum absolute atomic E-state index is 0.0909. The van der Waals surface area contributed by atoms with Gasteiger partial charge in [0, 0.05) is 12.6 Å². The highest BCUT2D eigenvalue weighted by Gasteiger charge is 2.34. The smallest absolute Gasteiger partial charge is 0.246 e. The fourth-order valence-electron chi connectivity index (χ4n) is 4.60. The van der Waals surface area contributed by atoms with Gasteiger partial charge in [0.1, 0.15) is 11.8 Å². The Bertz CT molecular complexity index is 931. The normalized spacial score (nSPS) is 18.2. The molecule has 2 amide bonds. The van der Waals surface area contributed by atoms with Crippen molar-refractivity contribution in [3.63, 3.8) is 0 Å². The van der Waals surface area contributed by atoms with E-state index in [2.05, 4.69) is 29.4 Å². The minimum Gasteiger partial charge on any atom is -0.495 e. The third-order valence-corrected chi connectivity index (χ3v) is 6.28. The van der Waals surface area contributed by atoms with Crippen LogP contribution < -0.4 is 15.4 Å². The Morgan fingerprint density at radius 1 is 1.18 bits per heavy atom. The van der Waals surface area contributed by atoms with Gasteiger partial charge in [-0.3, -0.25) is 14.5 Å². The Labute approximate surface area is 197 Å². The molecule has 1 saturated heterocycles. The van der Waals surface area contributed by atoms with E-state index in [-0.39, 0.29) is 23.8 Å². The molecule has 0 aliphatic carbocycles. The van der Waals surface area contributed by atoms with Crippen LogP contribution in [0.1, 0.15) is 56.7 Å². The van der Waals surface area contributed by atoms with Crippen molar-refractivity contribution in [3.8, 4) is 5.75 Å². The van der Waals surface area contributed by atoms with Gasteiger partial charge in [-0.15, -0.1) is 0 Å². The van der Waals surface area contributed by atoms with E-state index in [0.717, 1.165) is 43.4 Å².